The molecule has 1 aromatic rings. The Morgan fingerprint density at radius 2 is 2.28 bits per heavy atom. The SMILES string of the molecule is COC(=O)c1nc(C)cc(NC(C)CC2CC2)n1. The van der Waals surface area contributed by atoms with Gasteiger partial charge in [-0.25, -0.2) is 14.8 Å². The van der Waals surface area contributed by atoms with Gasteiger partial charge in [0.25, 0.3) is 0 Å². The Kier molecular flexibility index (Phi) is 3.79. The van der Waals surface area contributed by atoms with Gasteiger partial charge in [-0.1, -0.05) is 12.8 Å². The van der Waals surface area contributed by atoms with Crippen molar-refractivity contribution in [3.63, 3.8) is 0 Å². The Labute approximate surface area is 107 Å². The molecule has 1 aliphatic carbocycles. The van der Waals surface area contributed by atoms with Gasteiger partial charge < -0.3 is 10.1 Å². The van der Waals surface area contributed by atoms with Gasteiger partial charge >= 0.3 is 5.97 Å². The molecule has 18 heavy (non-hydrogen) atoms. The highest BCUT2D eigenvalue weighted by Gasteiger charge is 2.23. The van der Waals surface area contributed by atoms with Crippen LogP contribution in [0.3, 0.4) is 0 Å². The van der Waals surface area contributed by atoms with Crippen molar-refractivity contribution in [3.8, 4) is 0 Å². The molecule has 0 bridgehead atoms. The van der Waals surface area contributed by atoms with E-state index in [1.54, 1.807) is 0 Å². The molecule has 2 rings (SSSR count). The number of nitrogens with one attached hydrogen (secondary N) is 1. The van der Waals surface area contributed by atoms with Crippen molar-refractivity contribution in [2.45, 2.75) is 39.2 Å². The molecular formula is C13H19N3O2. The summed E-state index contributed by atoms with van der Waals surface area (Å²) in [6.45, 7) is 3.97. The van der Waals surface area contributed by atoms with Crippen LogP contribution in [0.15, 0.2) is 6.07 Å². The fourth-order valence-corrected chi connectivity index (χ4v) is 1.99. The molecular weight excluding hydrogens is 230 g/mol. The van der Waals surface area contributed by atoms with Crippen LogP contribution in [0.5, 0.6) is 0 Å². The van der Waals surface area contributed by atoms with Crippen molar-refractivity contribution >= 4 is 11.8 Å². The first-order valence-corrected chi connectivity index (χ1v) is 6.29. The highest BCUT2D eigenvalue weighted by molar-refractivity contribution is 5.85. The molecule has 0 saturated heterocycles. The van der Waals surface area contributed by atoms with E-state index in [1.165, 1.54) is 20.0 Å². The molecule has 0 radical (unpaired) electrons. The largest absolute Gasteiger partial charge is 0.463 e. The molecule has 1 fully saturated rings. The Hall–Kier alpha value is -1.65. The lowest BCUT2D eigenvalue weighted by molar-refractivity contribution is 0.0586. The van der Waals surface area contributed by atoms with Crippen molar-refractivity contribution in [2.24, 2.45) is 5.92 Å². The molecule has 1 unspecified atom stereocenters. The van der Waals surface area contributed by atoms with Gasteiger partial charge in [0.1, 0.15) is 5.82 Å². The van der Waals surface area contributed by atoms with E-state index in [1.807, 2.05) is 13.0 Å². The molecule has 5 heteroatoms. The predicted molar refractivity (Wildman–Crippen MR) is 68.5 cm³/mol. The highest BCUT2D eigenvalue weighted by atomic mass is 16.5. The number of hydrogen-bond donors (Lipinski definition) is 1. The van der Waals surface area contributed by atoms with E-state index in [-0.39, 0.29) is 5.82 Å². The van der Waals surface area contributed by atoms with Crippen LogP contribution in [0.4, 0.5) is 5.82 Å². The van der Waals surface area contributed by atoms with Gasteiger partial charge in [0.15, 0.2) is 0 Å². The average molecular weight is 249 g/mol. The molecule has 5 nitrogen and oxygen atoms in total. The van der Waals surface area contributed by atoms with Crippen LogP contribution in [0.25, 0.3) is 0 Å². The van der Waals surface area contributed by atoms with Crippen LogP contribution < -0.4 is 5.32 Å². The molecule has 98 valence electrons. The van der Waals surface area contributed by atoms with Gasteiger partial charge in [0.05, 0.1) is 7.11 Å². The number of esters is 1. The number of methoxy groups -OCH3 is 1. The van der Waals surface area contributed by atoms with Crippen LogP contribution in [-0.2, 0) is 4.74 Å². The lowest BCUT2D eigenvalue weighted by Gasteiger charge is -2.14. The Bertz CT molecular complexity index is 444. The number of anilines is 1. The first kappa shape index (κ1) is 12.8. The molecule has 0 aliphatic heterocycles. The summed E-state index contributed by atoms with van der Waals surface area (Å²) < 4.78 is 4.63. The van der Waals surface area contributed by atoms with Crippen LogP contribution in [0.1, 0.15) is 42.5 Å². The first-order valence-electron chi connectivity index (χ1n) is 6.29. The number of hydrogen-bond acceptors (Lipinski definition) is 5. The number of carbonyl (C=O) groups excluding carboxylic acids is 1. The van der Waals surface area contributed by atoms with Crippen LogP contribution in [-0.4, -0.2) is 29.1 Å². The molecule has 1 heterocycles. The summed E-state index contributed by atoms with van der Waals surface area (Å²) in [5.74, 6) is 1.15. The fourth-order valence-electron chi connectivity index (χ4n) is 1.99. The maximum atomic E-state index is 11.4. The monoisotopic (exact) mass is 249 g/mol. The summed E-state index contributed by atoms with van der Waals surface area (Å²) >= 11 is 0. The lowest BCUT2D eigenvalue weighted by atomic mass is 10.1. The summed E-state index contributed by atoms with van der Waals surface area (Å²) in [5.41, 5.74) is 0.756. The minimum Gasteiger partial charge on any atom is -0.463 e. The topological polar surface area (TPSA) is 64.1 Å². The number of aromatic nitrogens is 2. The molecule has 1 N–H and O–H groups in total. The lowest BCUT2D eigenvalue weighted by Crippen LogP contribution is -2.18. The summed E-state index contributed by atoms with van der Waals surface area (Å²) in [6.07, 6.45) is 3.82. The van der Waals surface area contributed by atoms with Crippen LogP contribution in [0.2, 0.25) is 0 Å². The number of rotatable bonds is 5. The second kappa shape index (κ2) is 5.33. The standard InChI is InChI=1S/C13H19N3O2/c1-8(6-10-4-5-10)14-11-7-9(2)15-12(16-11)13(17)18-3/h7-8,10H,4-6H2,1-3H3,(H,14,15,16). The van der Waals surface area contributed by atoms with Gasteiger partial charge in [0.2, 0.25) is 5.82 Å². The van der Waals surface area contributed by atoms with E-state index < -0.39 is 5.97 Å². The van der Waals surface area contributed by atoms with Crippen molar-refractivity contribution in [2.75, 3.05) is 12.4 Å². The molecule has 1 saturated carbocycles. The van der Waals surface area contributed by atoms with Crippen LogP contribution >= 0.6 is 0 Å². The van der Waals surface area contributed by atoms with E-state index >= 15 is 0 Å². The van der Waals surface area contributed by atoms with Crippen LogP contribution in [0, 0.1) is 12.8 Å². The maximum Gasteiger partial charge on any atom is 0.376 e. The normalized spacial score (nSPS) is 16.2. The number of nitrogens with zero attached hydrogens (tertiary/aromatic N) is 2. The number of carbonyl (C=O) groups is 1. The summed E-state index contributed by atoms with van der Waals surface area (Å²) in [7, 11) is 1.33. The minimum atomic E-state index is -0.503. The molecule has 1 aromatic heterocycles. The van der Waals surface area contributed by atoms with Gasteiger partial charge in [-0.2, -0.15) is 0 Å². The third-order valence-electron chi connectivity index (χ3n) is 3.00. The minimum absolute atomic E-state index is 0.110. The summed E-state index contributed by atoms with van der Waals surface area (Å²) in [5, 5.41) is 3.31. The van der Waals surface area contributed by atoms with Crippen molar-refractivity contribution < 1.29 is 9.53 Å². The van der Waals surface area contributed by atoms with Gasteiger partial charge in [-0.15, -0.1) is 0 Å². The Morgan fingerprint density at radius 3 is 2.89 bits per heavy atom. The third kappa shape index (κ3) is 3.42. The van der Waals surface area contributed by atoms with Crippen molar-refractivity contribution in [1.29, 1.82) is 0 Å². The zero-order chi connectivity index (χ0) is 13.1. The first-order chi connectivity index (χ1) is 8.58. The second-order valence-corrected chi connectivity index (χ2v) is 4.93. The van der Waals surface area contributed by atoms with E-state index in [9.17, 15) is 4.79 Å². The van der Waals surface area contributed by atoms with E-state index in [4.69, 9.17) is 0 Å². The Balaban J connectivity index is 2.06. The van der Waals surface area contributed by atoms with Gasteiger partial charge in [0, 0.05) is 17.8 Å². The van der Waals surface area contributed by atoms with Gasteiger partial charge in [-0.05, 0) is 26.2 Å². The molecule has 0 amide bonds. The number of ether oxygens (including phenoxy) is 1. The zero-order valence-electron chi connectivity index (χ0n) is 11.1. The zero-order valence-corrected chi connectivity index (χ0v) is 11.1. The number of aryl methyl sites for hydroxylation is 1. The van der Waals surface area contributed by atoms with E-state index in [0.717, 1.165) is 18.0 Å². The van der Waals surface area contributed by atoms with Crippen molar-refractivity contribution in [3.05, 3.63) is 17.6 Å². The summed E-state index contributed by atoms with van der Waals surface area (Å²) in [4.78, 5) is 19.7. The predicted octanol–water partition coefficient (Wildman–Crippen LogP) is 2.17. The molecule has 0 spiro atoms. The quantitative estimate of drug-likeness (QED) is 0.810. The smallest absolute Gasteiger partial charge is 0.376 e. The fraction of sp³-hybridized carbons (Fsp3) is 0.615. The average Bonchev–Trinajstić information content (AvgIpc) is 3.10. The van der Waals surface area contributed by atoms with Crippen molar-refractivity contribution in [1.82, 2.24) is 9.97 Å². The van der Waals surface area contributed by atoms with Gasteiger partial charge in [-0.3, -0.25) is 0 Å². The molecule has 1 aliphatic rings. The maximum absolute atomic E-state index is 11.4. The second-order valence-electron chi connectivity index (χ2n) is 4.93. The van der Waals surface area contributed by atoms with E-state index in [0.29, 0.717) is 11.9 Å². The summed E-state index contributed by atoms with van der Waals surface area (Å²) in [6, 6.07) is 2.20. The molecule has 1 atom stereocenters. The Morgan fingerprint density at radius 1 is 1.56 bits per heavy atom. The van der Waals surface area contributed by atoms with E-state index in [2.05, 4.69) is 26.9 Å². The molecule has 0 aromatic carbocycles. The third-order valence-corrected chi connectivity index (χ3v) is 3.00. The highest BCUT2D eigenvalue weighted by Crippen LogP contribution is 2.33.